The number of methoxy groups -OCH3 is 1. The number of anilines is 1. The van der Waals surface area contributed by atoms with Crippen LogP contribution in [-0.4, -0.2) is 45.0 Å². The molecule has 0 radical (unpaired) electrons. The van der Waals surface area contributed by atoms with Crippen molar-refractivity contribution in [2.24, 2.45) is 0 Å². The van der Waals surface area contributed by atoms with Gasteiger partial charge in [-0.25, -0.2) is 0 Å². The number of rotatable bonds is 6. The number of carbonyl (C=O) groups is 1. The molecule has 0 bridgehead atoms. The van der Waals surface area contributed by atoms with Crippen LogP contribution in [0.3, 0.4) is 0 Å². The number of ether oxygens (including phenoxy) is 3. The number of nitrogen functional groups attached to an aromatic ring is 1. The maximum Gasteiger partial charge on any atom is 0.251 e. The van der Waals surface area contributed by atoms with Gasteiger partial charge in [-0.2, -0.15) is 0 Å². The van der Waals surface area contributed by atoms with Gasteiger partial charge >= 0.3 is 0 Å². The summed E-state index contributed by atoms with van der Waals surface area (Å²) in [4.78, 5) is 12.2. The molecular formula is C15H22N2O4. The average Bonchev–Trinajstić information content (AvgIpc) is 2.94. The zero-order valence-corrected chi connectivity index (χ0v) is 12.5. The Kier molecular flexibility index (Phi) is 5.03. The average molecular weight is 294 g/mol. The van der Waals surface area contributed by atoms with Crippen molar-refractivity contribution in [3.05, 3.63) is 23.8 Å². The highest BCUT2D eigenvalue weighted by Crippen LogP contribution is 2.22. The molecule has 1 unspecified atom stereocenters. The van der Waals surface area contributed by atoms with Gasteiger partial charge in [-0.15, -0.1) is 0 Å². The molecule has 1 aromatic rings. The molecule has 6 heteroatoms. The van der Waals surface area contributed by atoms with Crippen molar-refractivity contribution in [1.29, 1.82) is 0 Å². The monoisotopic (exact) mass is 294 g/mol. The third-order valence-electron chi connectivity index (χ3n) is 3.57. The van der Waals surface area contributed by atoms with Crippen molar-refractivity contribution in [3.8, 4) is 5.75 Å². The summed E-state index contributed by atoms with van der Waals surface area (Å²) in [5.41, 5.74) is 6.33. The second-order valence-electron chi connectivity index (χ2n) is 5.10. The summed E-state index contributed by atoms with van der Waals surface area (Å²) in [5.74, 6) is 0.389. The minimum atomic E-state index is -0.432. The SMILES string of the molecule is CCOc1cc(N)cc(C(=O)NCC2(OC)CCOC2)c1. The van der Waals surface area contributed by atoms with E-state index in [2.05, 4.69) is 5.32 Å². The molecule has 1 amide bonds. The summed E-state index contributed by atoms with van der Waals surface area (Å²) >= 11 is 0. The van der Waals surface area contributed by atoms with Crippen LogP contribution in [0.25, 0.3) is 0 Å². The highest BCUT2D eigenvalue weighted by atomic mass is 16.5. The molecule has 6 nitrogen and oxygen atoms in total. The third kappa shape index (κ3) is 3.86. The minimum absolute atomic E-state index is 0.202. The van der Waals surface area contributed by atoms with Crippen LogP contribution in [0.1, 0.15) is 23.7 Å². The van der Waals surface area contributed by atoms with E-state index in [-0.39, 0.29) is 5.91 Å². The Balaban J connectivity index is 2.02. The van der Waals surface area contributed by atoms with E-state index in [1.54, 1.807) is 25.3 Å². The smallest absolute Gasteiger partial charge is 0.251 e. The van der Waals surface area contributed by atoms with E-state index in [9.17, 15) is 4.79 Å². The summed E-state index contributed by atoms with van der Waals surface area (Å²) < 4.78 is 16.2. The van der Waals surface area contributed by atoms with Gasteiger partial charge in [0.2, 0.25) is 0 Å². The molecule has 116 valence electrons. The van der Waals surface area contributed by atoms with Gasteiger partial charge in [-0.05, 0) is 19.1 Å². The highest BCUT2D eigenvalue weighted by molar-refractivity contribution is 5.95. The molecule has 1 fully saturated rings. The van der Waals surface area contributed by atoms with Gasteiger partial charge in [-0.1, -0.05) is 0 Å². The Hall–Kier alpha value is -1.79. The number of benzene rings is 1. The normalized spacial score (nSPS) is 21.2. The van der Waals surface area contributed by atoms with Crippen molar-refractivity contribution in [2.75, 3.05) is 39.2 Å². The molecule has 3 N–H and O–H groups in total. The van der Waals surface area contributed by atoms with Crippen molar-refractivity contribution < 1.29 is 19.0 Å². The van der Waals surface area contributed by atoms with E-state index in [1.165, 1.54) is 0 Å². The van der Waals surface area contributed by atoms with Gasteiger partial charge in [0, 0.05) is 44.0 Å². The highest BCUT2D eigenvalue weighted by Gasteiger charge is 2.35. The van der Waals surface area contributed by atoms with Crippen LogP contribution < -0.4 is 15.8 Å². The molecule has 0 spiro atoms. The Morgan fingerprint density at radius 2 is 2.29 bits per heavy atom. The molecule has 1 aliphatic heterocycles. The maximum atomic E-state index is 12.2. The number of nitrogens with one attached hydrogen (secondary N) is 1. The van der Waals surface area contributed by atoms with E-state index in [0.717, 1.165) is 6.42 Å². The first kappa shape index (κ1) is 15.6. The van der Waals surface area contributed by atoms with Gasteiger partial charge in [0.1, 0.15) is 11.4 Å². The molecule has 0 aromatic heterocycles. The first-order valence-corrected chi connectivity index (χ1v) is 7.03. The zero-order valence-electron chi connectivity index (χ0n) is 12.5. The van der Waals surface area contributed by atoms with Crippen LogP contribution in [0.4, 0.5) is 5.69 Å². The van der Waals surface area contributed by atoms with Crippen LogP contribution in [0.5, 0.6) is 5.75 Å². The third-order valence-corrected chi connectivity index (χ3v) is 3.57. The fourth-order valence-corrected chi connectivity index (χ4v) is 2.31. The molecule has 1 atom stereocenters. The topological polar surface area (TPSA) is 82.8 Å². The molecule has 0 saturated carbocycles. The van der Waals surface area contributed by atoms with Gasteiger partial charge < -0.3 is 25.3 Å². The molecular weight excluding hydrogens is 272 g/mol. The van der Waals surface area contributed by atoms with E-state index < -0.39 is 5.60 Å². The molecule has 21 heavy (non-hydrogen) atoms. The first-order chi connectivity index (χ1) is 10.1. The van der Waals surface area contributed by atoms with Crippen molar-refractivity contribution in [3.63, 3.8) is 0 Å². The van der Waals surface area contributed by atoms with Crippen LogP contribution in [0.15, 0.2) is 18.2 Å². The Morgan fingerprint density at radius 3 is 2.90 bits per heavy atom. The number of hydrogen-bond acceptors (Lipinski definition) is 5. The fraction of sp³-hybridized carbons (Fsp3) is 0.533. The molecule has 1 saturated heterocycles. The molecule has 1 aliphatic rings. The lowest BCUT2D eigenvalue weighted by molar-refractivity contribution is -0.0148. The quantitative estimate of drug-likeness (QED) is 0.770. The second-order valence-corrected chi connectivity index (χ2v) is 5.10. The predicted molar refractivity (Wildman–Crippen MR) is 79.5 cm³/mol. The summed E-state index contributed by atoms with van der Waals surface area (Å²) in [6, 6.07) is 5.00. The van der Waals surface area contributed by atoms with E-state index in [1.807, 2.05) is 6.92 Å². The Morgan fingerprint density at radius 1 is 1.48 bits per heavy atom. The number of amides is 1. The number of nitrogens with two attached hydrogens (primary N) is 1. The largest absolute Gasteiger partial charge is 0.494 e. The van der Waals surface area contributed by atoms with Gasteiger partial charge in [0.25, 0.3) is 5.91 Å². The summed E-state index contributed by atoms with van der Waals surface area (Å²) in [6.45, 7) is 3.95. The second kappa shape index (κ2) is 6.78. The Labute approximate surface area is 124 Å². The van der Waals surface area contributed by atoms with Crippen LogP contribution in [0, 0.1) is 0 Å². The van der Waals surface area contributed by atoms with Gasteiger partial charge in [-0.3, -0.25) is 4.79 Å². The summed E-state index contributed by atoms with van der Waals surface area (Å²) in [7, 11) is 1.63. The van der Waals surface area contributed by atoms with Crippen LogP contribution >= 0.6 is 0 Å². The lowest BCUT2D eigenvalue weighted by Gasteiger charge is -2.25. The van der Waals surface area contributed by atoms with Crippen LogP contribution in [-0.2, 0) is 9.47 Å². The minimum Gasteiger partial charge on any atom is -0.494 e. The number of hydrogen-bond donors (Lipinski definition) is 2. The molecule has 0 aliphatic carbocycles. The molecule has 1 aromatic carbocycles. The van der Waals surface area contributed by atoms with Crippen molar-refractivity contribution >= 4 is 11.6 Å². The molecule has 2 rings (SSSR count). The van der Waals surface area contributed by atoms with Crippen molar-refractivity contribution in [1.82, 2.24) is 5.32 Å². The lowest BCUT2D eigenvalue weighted by Crippen LogP contribution is -2.45. The van der Waals surface area contributed by atoms with E-state index >= 15 is 0 Å². The zero-order chi connectivity index (χ0) is 15.3. The molecule has 1 heterocycles. The number of carbonyl (C=O) groups excluding carboxylic acids is 1. The van der Waals surface area contributed by atoms with Crippen LogP contribution in [0.2, 0.25) is 0 Å². The summed E-state index contributed by atoms with van der Waals surface area (Å²) in [5, 5.41) is 2.87. The van der Waals surface area contributed by atoms with Gasteiger partial charge in [0.15, 0.2) is 0 Å². The predicted octanol–water partition coefficient (Wildman–Crippen LogP) is 1.20. The first-order valence-electron chi connectivity index (χ1n) is 7.03. The van der Waals surface area contributed by atoms with E-state index in [0.29, 0.717) is 43.4 Å². The maximum absolute atomic E-state index is 12.2. The summed E-state index contributed by atoms with van der Waals surface area (Å²) in [6.07, 6.45) is 0.769. The standard InChI is InChI=1S/C15H22N2O4/c1-3-21-13-7-11(6-12(16)8-13)14(18)17-9-15(19-2)4-5-20-10-15/h6-8H,3-5,9-10,16H2,1-2H3,(H,17,18). The van der Waals surface area contributed by atoms with E-state index in [4.69, 9.17) is 19.9 Å². The fourth-order valence-electron chi connectivity index (χ4n) is 2.31. The van der Waals surface area contributed by atoms with Crippen molar-refractivity contribution in [2.45, 2.75) is 18.9 Å². The Bertz CT molecular complexity index is 498. The lowest BCUT2D eigenvalue weighted by atomic mass is 10.0. The van der Waals surface area contributed by atoms with Gasteiger partial charge in [0.05, 0.1) is 13.2 Å².